The van der Waals surface area contributed by atoms with Crippen LogP contribution in [0, 0.1) is 17.6 Å². The van der Waals surface area contributed by atoms with Gasteiger partial charge in [-0.25, -0.2) is 13.5 Å². The Balaban J connectivity index is 1.88. The Labute approximate surface area is 186 Å². The lowest BCUT2D eigenvalue weighted by molar-refractivity contribution is -0.142. The quantitative estimate of drug-likeness (QED) is 0.439. The molecule has 1 N–H and O–H groups in total. The molecule has 0 saturated heterocycles. The number of aromatic nitrogens is 2. The van der Waals surface area contributed by atoms with Crippen molar-refractivity contribution in [3.05, 3.63) is 76.6 Å². The first-order valence-electron chi connectivity index (χ1n) is 10.1. The summed E-state index contributed by atoms with van der Waals surface area (Å²) in [7, 11) is 0. The fraction of sp³-hybridized carbons (Fsp3) is 0.304. The zero-order valence-electron chi connectivity index (χ0n) is 17.8. The summed E-state index contributed by atoms with van der Waals surface area (Å²) in [5, 5.41) is 12.6. The minimum atomic E-state index is -4.72. The molecule has 0 amide bonds. The molecule has 0 radical (unpaired) electrons. The molecule has 0 spiro atoms. The molecule has 0 aliphatic heterocycles. The van der Waals surface area contributed by atoms with Crippen LogP contribution in [0.5, 0.6) is 5.75 Å². The fourth-order valence-corrected chi connectivity index (χ4v) is 3.21. The van der Waals surface area contributed by atoms with Crippen LogP contribution in [0.25, 0.3) is 5.69 Å². The second-order valence-electron chi connectivity index (χ2n) is 7.57. The van der Waals surface area contributed by atoms with E-state index in [0.29, 0.717) is 5.69 Å². The van der Waals surface area contributed by atoms with Gasteiger partial charge in [0, 0.05) is 0 Å². The molecule has 1 atom stereocenters. The first kappa shape index (κ1) is 24.2. The summed E-state index contributed by atoms with van der Waals surface area (Å²) in [6.45, 7) is 2.74. The Bertz CT molecular complexity index is 1120. The van der Waals surface area contributed by atoms with E-state index in [0.717, 1.165) is 34.9 Å². The van der Waals surface area contributed by atoms with Gasteiger partial charge in [0.25, 0.3) is 0 Å². The van der Waals surface area contributed by atoms with E-state index in [2.05, 4.69) is 5.10 Å². The van der Waals surface area contributed by atoms with Crippen LogP contribution < -0.4 is 4.74 Å². The van der Waals surface area contributed by atoms with Gasteiger partial charge in [0.05, 0.1) is 17.3 Å². The van der Waals surface area contributed by atoms with Crippen LogP contribution in [0.4, 0.5) is 22.0 Å². The molecule has 3 rings (SSSR count). The van der Waals surface area contributed by atoms with Crippen molar-refractivity contribution in [3.63, 3.8) is 0 Å². The van der Waals surface area contributed by atoms with E-state index < -0.39 is 47.7 Å². The third-order valence-corrected chi connectivity index (χ3v) is 5.05. The molecule has 0 aliphatic carbocycles. The first-order chi connectivity index (χ1) is 15.5. The van der Waals surface area contributed by atoms with Gasteiger partial charge in [0.15, 0.2) is 23.1 Å². The van der Waals surface area contributed by atoms with Gasteiger partial charge in [-0.3, -0.25) is 4.79 Å². The van der Waals surface area contributed by atoms with Crippen molar-refractivity contribution in [1.29, 1.82) is 0 Å². The highest BCUT2D eigenvalue weighted by Crippen LogP contribution is 2.31. The number of carbonyl (C=O) groups is 1. The van der Waals surface area contributed by atoms with Crippen molar-refractivity contribution in [2.75, 3.05) is 0 Å². The molecule has 1 heterocycles. The van der Waals surface area contributed by atoms with Crippen LogP contribution in [-0.4, -0.2) is 20.9 Å². The minimum absolute atomic E-state index is 0.0612. The van der Waals surface area contributed by atoms with Gasteiger partial charge in [-0.2, -0.15) is 18.3 Å². The highest BCUT2D eigenvalue weighted by Gasteiger charge is 2.35. The Morgan fingerprint density at radius 1 is 1.09 bits per heavy atom. The van der Waals surface area contributed by atoms with Crippen LogP contribution in [0.3, 0.4) is 0 Å². The van der Waals surface area contributed by atoms with E-state index in [9.17, 15) is 26.7 Å². The van der Waals surface area contributed by atoms with Crippen LogP contribution in [-0.2, 0) is 30.4 Å². The van der Waals surface area contributed by atoms with E-state index >= 15 is 0 Å². The summed E-state index contributed by atoms with van der Waals surface area (Å²) in [6.07, 6.45) is -4.08. The highest BCUT2D eigenvalue weighted by atomic mass is 19.4. The van der Waals surface area contributed by atoms with Crippen LogP contribution in [0.1, 0.15) is 36.4 Å². The summed E-state index contributed by atoms with van der Waals surface area (Å²) >= 11 is 0. The van der Waals surface area contributed by atoms with Crippen molar-refractivity contribution < 1.29 is 36.6 Å². The van der Waals surface area contributed by atoms with Crippen molar-refractivity contribution >= 4 is 5.97 Å². The predicted octanol–water partition coefficient (Wildman–Crippen LogP) is 5.57. The lowest BCUT2D eigenvalue weighted by Gasteiger charge is -2.13. The van der Waals surface area contributed by atoms with E-state index in [1.807, 2.05) is 6.92 Å². The number of carboxylic acid groups (broad SMARTS) is 1. The smallest absolute Gasteiger partial charge is 0.435 e. The van der Waals surface area contributed by atoms with E-state index in [4.69, 9.17) is 9.84 Å². The van der Waals surface area contributed by atoms with Crippen molar-refractivity contribution in [3.8, 4) is 11.4 Å². The third kappa shape index (κ3) is 5.68. The summed E-state index contributed by atoms with van der Waals surface area (Å²) in [4.78, 5) is 11.0. The van der Waals surface area contributed by atoms with Crippen molar-refractivity contribution in [2.45, 2.75) is 39.5 Å². The van der Waals surface area contributed by atoms with Crippen LogP contribution in [0.2, 0.25) is 0 Å². The second kappa shape index (κ2) is 9.60. The van der Waals surface area contributed by atoms with Gasteiger partial charge >= 0.3 is 12.1 Å². The lowest BCUT2D eigenvalue weighted by atomic mass is 10.0. The molecule has 0 bridgehead atoms. The zero-order valence-corrected chi connectivity index (χ0v) is 17.8. The number of carboxylic acids is 1. The average Bonchev–Trinajstić information content (AvgIpc) is 3.18. The second-order valence-corrected chi connectivity index (χ2v) is 7.57. The largest absolute Gasteiger partial charge is 0.481 e. The van der Waals surface area contributed by atoms with Gasteiger partial charge < -0.3 is 9.84 Å². The first-order valence-corrected chi connectivity index (χ1v) is 10.1. The molecule has 3 aromatic rings. The van der Waals surface area contributed by atoms with Gasteiger partial charge in [0.1, 0.15) is 6.61 Å². The Hall–Kier alpha value is -3.43. The number of halogens is 5. The SMILES string of the molecule is CCc1ccc(-n2nc(C(F)(F)F)cc2COc2c(F)cc(CC(C)C(=O)O)cc2F)cc1. The molecule has 1 unspecified atom stereocenters. The standard InChI is InChI=1S/C23H21F5N2O3/c1-3-14-4-6-16(7-5-14)30-17(11-20(29-30)23(26,27)28)12-33-21-18(24)9-15(10-19(21)25)8-13(2)22(31)32/h4-7,9-11,13H,3,8,12H2,1-2H3,(H,31,32). The molecule has 10 heteroatoms. The van der Waals surface area contributed by atoms with Crippen LogP contribution in [0.15, 0.2) is 42.5 Å². The Morgan fingerprint density at radius 3 is 2.21 bits per heavy atom. The van der Waals surface area contributed by atoms with Gasteiger partial charge in [-0.1, -0.05) is 26.0 Å². The molecule has 176 valence electrons. The van der Waals surface area contributed by atoms with E-state index in [-0.39, 0.29) is 17.7 Å². The monoisotopic (exact) mass is 468 g/mol. The summed E-state index contributed by atoms with van der Waals surface area (Å²) in [5.74, 6) is -4.92. The summed E-state index contributed by atoms with van der Waals surface area (Å²) in [6, 6.07) is 9.31. The predicted molar refractivity (Wildman–Crippen MR) is 109 cm³/mol. The molecule has 0 fully saturated rings. The Morgan fingerprint density at radius 2 is 1.70 bits per heavy atom. The number of benzene rings is 2. The number of ether oxygens (including phenoxy) is 1. The molecule has 5 nitrogen and oxygen atoms in total. The highest BCUT2D eigenvalue weighted by molar-refractivity contribution is 5.69. The normalized spacial score (nSPS) is 12.6. The number of alkyl halides is 3. The third-order valence-electron chi connectivity index (χ3n) is 5.05. The summed E-state index contributed by atoms with van der Waals surface area (Å²) in [5.41, 5.74) is 0.197. The molecule has 1 aromatic heterocycles. The number of hydrogen-bond donors (Lipinski definition) is 1. The minimum Gasteiger partial charge on any atom is -0.481 e. The van der Waals surface area contributed by atoms with Gasteiger partial charge in [0.2, 0.25) is 0 Å². The number of hydrogen-bond acceptors (Lipinski definition) is 3. The van der Waals surface area contributed by atoms with E-state index in [1.165, 1.54) is 6.92 Å². The van der Waals surface area contributed by atoms with Gasteiger partial charge in [-0.05, 0) is 54.3 Å². The maximum atomic E-state index is 14.5. The maximum Gasteiger partial charge on any atom is 0.435 e. The molecule has 0 aliphatic rings. The lowest BCUT2D eigenvalue weighted by Crippen LogP contribution is -2.13. The van der Waals surface area contributed by atoms with Gasteiger partial charge in [-0.15, -0.1) is 0 Å². The molecule has 33 heavy (non-hydrogen) atoms. The molecule has 0 saturated carbocycles. The van der Waals surface area contributed by atoms with Crippen LogP contribution >= 0.6 is 0 Å². The molecular weight excluding hydrogens is 447 g/mol. The van der Waals surface area contributed by atoms with Crippen molar-refractivity contribution in [2.24, 2.45) is 5.92 Å². The van der Waals surface area contributed by atoms with Crippen molar-refractivity contribution in [1.82, 2.24) is 9.78 Å². The maximum absolute atomic E-state index is 14.5. The topological polar surface area (TPSA) is 64.4 Å². The number of aryl methyl sites for hydroxylation is 1. The number of rotatable bonds is 8. The zero-order chi connectivity index (χ0) is 24.3. The van der Waals surface area contributed by atoms with E-state index in [1.54, 1.807) is 24.3 Å². The Kier molecular flexibility index (Phi) is 7.04. The summed E-state index contributed by atoms with van der Waals surface area (Å²) < 4.78 is 74.8. The average molecular weight is 468 g/mol. The fourth-order valence-electron chi connectivity index (χ4n) is 3.21. The molecule has 2 aromatic carbocycles. The number of nitrogens with zero attached hydrogens (tertiary/aromatic N) is 2. The number of aliphatic carboxylic acids is 1. The molecular formula is C23H21F5N2O3.